The van der Waals surface area contributed by atoms with Gasteiger partial charge in [0.15, 0.2) is 20.3 Å². The Hall–Kier alpha value is -2.10. The summed E-state index contributed by atoms with van der Waals surface area (Å²) in [6.45, 7) is -0.0774. The quantitative estimate of drug-likeness (QED) is 0.563. The largest absolute Gasteiger partial charge is 0.497 e. The van der Waals surface area contributed by atoms with E-state index in [0.717, 1.165) is 0 Å². The topological polar surface area (TPSA) is 85.6 Å². The van der Waals surface area contributed by atoms with Crippen molar-refractivity contribution in [2.24, 2.45) is 0 Å². The van der Waals surface area contributed by atoms with Crippen molar-refractivity contribution in [3.05, 3.63) is 69.2 Å². The van der Waals surface area contributed by atoms with Gasteiger partial charge in [-0.3, -0.25) is 4.79 Å². The first-order chi connectivity index (χ1) is 12.9. The molecule has 2 heterocycles. The summed E-state index contributed by atoms with van der Waals surface area (Å²) < 4.78 is 37.0. The van der Waals surface area contributed by atoms with E-state index < -0.39 is 21.0 Å². The summed E-state index contributed by atoms with van der Waals surface area (Å²) in [5.41, 5.74) is 0. The first kappa shape index (κ1) is 19.7. The van der Waals surface area contributed by atoms with Crippen LogP contribution in [0.15, 0.2) is 67.9 Å². The Morgan fingerprint density at radius 3 is 2.52 bits per heavy atom. The molecule has 0 fully saturated rings. The Morgan fingerprint density at radius 1 is 1.22 bits per heavy atom. The Labute approximate surface area is 169 Å². The van der Waals surface area contributed by atoms with Gasteiger partial charge in [-0.1, -0.05) is 6.07 Å². The molecule has 0 aliphatic heterocycles. The van der Waals surface area contributed by atoms with Crippen LogP contribution in [0.2, 0.25) is 0 Å². The van der Waals surface area contributed by atoms with E-state index in [1.807, 2.05) is 0 Å². The summed E-state index contributed by atoms with van der Waals surface area (Å²) in [5, 5.41) is 3.54. The molecule has 27 heavy (non-hydrogen) atoms. The number of sulfone groups is 1. The van der Waals surface area contributed by atoms with Crippen LogP contribution < -0.4 is 10.1 Å². The molecule has 3 rings (SSSR count). The fourth-order valence-corrected chi connectivity index (χ4v) is 5.57. The molecule has 0 spiro atoms. The molecule has 0 saturated heterocycles. The molecule has 1 atom stereocenters. The predicted molar refractivity (Wildman–Crippen MR) is 106 cm³/mol. The van der Waals surface area contributed by atoms with E-state index in [9.17, 15) is 13.2 Å². The van der Waals surface area contributed by atoms with Gasteiger partial charge in [0.2, 0.25) is 0 Å². The van der Waals surface area contributed by atoms with E-state index in [4.69, 9.17) is 9.15 Å². The number of rotatable bonds is 7. The van der Waals surface area contributed by atoms with Gasteiger partial charge in [-0.15, -0.1) is 11.3 Å². The average molecular weight is 470 g/mol. The number of carbonyl (C=O) groups excluding carboxylic acids is 1. The molecular weight excluding hydrogens is 454 g/mol. The predicted octanol–water partition coefficient (Wildman–Crippen LogP) is 4.06. The summed E-state index contributed by atoms with van der Waals surface area (Å²) in [4.78, 5) is 13.1. The molecule has 6 nitrogen and oxygen atoms in total. The van der Waals surface area contributed by atoms with Crippen LogP contribution in [0.25, 0.3) is 0 Å². The fraction of sp³-hybridized carbons (Fsp3) is 0.167. The minimum absolute atomic E-state index is 0.0774. The maximum atomic E-state index is 13.2. The van der Waals surface area contributed by atoms with E-state index in [0.29, 0.717) is 15.3 Å². The highest BCUT2D eigenvalue weighted by molar-refractivity contribution is 9.10. The monoisotopic (exact) mass is 469 g/mol. The van der Waals surface area contributed by atoms with Crippen LogP contribution in [0.5, 0.6) is 5.75 Å². The third-order valence-corrected chi connectivity index (χ3v) is 7.53. The Morgan fingerprint density at radius 2 is 1.96 bits per heavy atom. The summed E-state index contributed by atoms with van der Waals surface area (Å²) in [7, 11) is -2.21. The van der Waals surface area contributed by atoms with Crippen molar-refractivity contribution < 1.29 is 22.4 Å². The zero-order chi connectivity index (χ0) is 19.4. The second kappa shape index (κ2) is 8.28. The van der Waals surface area contributed by atoms with E-state index in [2.05, 4.69) is 21.2 Å². The SMILES string of the molecule is COc1ccc(S(=O)(=O)[C@@H](CNC(=O)c2ccc(Br)o2)c2cccs2)cc1. The number of ether oxygens (including phenoxy) is 1. The van der Waals surface area contributed by atoms with Crippen molar-refractivity contribution in [3.8, 4) is 5.75 Å². The number of furan rings is 1. The van der Waals surface area contributed by atoms with Crippen molar-refractivity contribution in [3.63, 3.8) is 0 Å². The Balaban J connectivity index is 1.85. The summed E-state index contributed by atoms with van der Waals surface area (Å²) in [6.07, 6.45) is 0. The number of hydrogen-bond acceptors (Lipinski definition) is 6. The zero-order valence-electron chi connectivity index (χ0n) is 14.2. The maximum absolute atomic E-state index is 13.2. The normalized spacial score (nSPS) is 12.5. The van der Waals surface area contributed by atoms with Gasteiger partial charge in [-0.05, 0) is 63.8 Å². The van der Waals surface area contributed by atoms with Gasteiger partial charge < -0.3 is 14.5 Å². The lowest BCUT2D eigenvalue weighted by Gasteiger charge is -2.17. The Kier molecular flexibility index (Phi) is 6.03. The number of amides is 1. The molecule has 0 bridgehead atoms. The molecule has 0 aliphatic carbocycles. The van der Waals surface area contributed by atoms with Crippen LogP contribution >= 0.6 is 27.3 Å². The third-order valence-electron chi connectivity index (χ3n) is 3.87. The molecule has 0 radical (unpaired) electrons. The van der Waals surface area contributed by atoms with Gasteiger partial charge in [0.1, 0.15) is 11.0 Å². The lowest BCUT2D eigenvalue weighted by atomic mass is 10.3. The molecule has 142 valence electrons. The molecule has 1 amide bonds. The minimum atomic E-state index is -3.72. The van der Waals surface area contributed by atoms with Crippen molar-refractivity contribution in [2.45, 2.75) is 10.1 Å². The number of benzene rings is 1. The lowest BCUT2D eigenvalue weighted by molar-refractivity contribution is 0.0925. The molecule has 2 aromatic heterocycles. The summed E-state index contributed by atoms with van der Waals surface area (Å²) >= 11 is 4.46. The number of nitrogens with one attached hydrogen (secondary N) is 1. The maximum Gasteiger partial charge on any atom is 0.287 e. The highest BCUT2D eigenvalue weighted by atomic mass is 79.9. The molecule has 0 aliphatic rings. The van der Waals surface area contributed by atoms with Crippen molar-refractivity contribution in [1.29, 1.82) is 0 Å². The number of carbonyl (C=O) groups is 1. The molecule has 1 aromatic carbocycles. The van der Waals surface area contributed by atoms with E-state index in [1.54, 1.807) is 35.7 Å². The number of methoxy groups -OCH3 is 1. The standard InChI is InChI=1S/C18H16BrNO5S2/c1-24-12-4-6-13(7-5-12)27(22,23)16(15-3-2-10-26-15)11-20-18(21)14-8-9-17(19)25-14/h2-10,16H,11H2,1H3,(H,20,21)/t16-/m0/s1. The highest BCUT2D eigenvalue weighted by Gasteiger charge is 2.31. The van der Waals surface area contributed by atoms with Gasteiger partial charge in [0, 0.05) is 11.4 Å². The second-order valence-corrected chi connectivity index (χ2v) is 9.43. The minimum Gasteiger partial charge on any atom is -0.497 e. The smallest absolute Gasteiger partial charge is 0.287 e. The molecular formula is C18H16BrNO5S2. The molecule has 9 heteroatoms. The Bertz CT molecular complexity index is 1010. The van der Waals surface area contributed by atoms with Gasteiger partial charge in [-0.2, -0.15) is 0 Å². The molecule has 0 unspecified atom stereocenters. The van der Waals surface area contributed by atoms with Crippen LogP contribution in [0.1, 0.15) is 20.7 Å². The molecule has 3 aromatic rings. The van der Waals surface area contributed by atoms with Crippen molar-refractivity contribution >= 4 is 43.0 Å². The number of thiophene rings is 1. The fourth-order valence-electron chi connectivity index (χ4n) is 2.48. The van der Waals surface area contributed by atoms with Gasteiger partial charge in [0.25, 0.3) is 5.91 Å². The van der Waals surface area contributed by atoms with Crippen molar-refractivity contribution in [2.75, 3.05) is 13.7 Å². The van der Waals surface area contributed by atoms with Gasteiger partial charge in [0.05, 0.1) is 12.0 Å². The van der Waals surface area contributed by atoms with Crippen LogP contribution in [-0.4, -0.2) is 28.0 Å². The highest BCUT2D eigenvalue weighted by Crippen LogP contribution is 2.32. The lowest BCUT2D eigenvalue weighted by Crippen LogP contribution is -2.31. The van der Waals surface area contributed by atoms with Gasteiger partial charge in [-0.25, -0.2) is 8.42 Å². The zero-order valence-corrected chi connectivity index (χ0v) is 17.4. The van der Waals surface area contributed by atoms with E-state index >= 15 is 0 Å². The first-order valence-electron chi connectivity index (χ1n) is 7.86. The third kappa shape index (κ3) is 4.42. The molecule has 1 N–H and O–H groups in total. The van der Waals surface area contributed by atoms with Gasteiger partial charge >= 0.3 is 0 Å². The van der Waals surface area contributed by atoms with E-state index in [-0.39, 0.29) is 17.2 Å². The summed E-state index contributed by atoms with van der Waals surface area (Å²) in [6, 6.07) is 12.8. The van der Waals surface area contributed by atoms with Crippen LogP contribution in [0.4, 0.5) is 0 Å². The summed E-state index contributed by atoms with van der Waals surface area (Å²) in [5.74, 6) is 0.194. The van der Waals surface area contributed by atoms with E-state index in [1.165, 1.54) is 36.6 Å². The average Bonchev–Trinajstić information content (AvgIpc) is 3.33. The first-order valence-corrected chi connectivity index (χ1v) is 11.1. The molecule has 0 saturated carbocycles. The number of halogens is 1. The van der Waals surface area contributed by atoms with Crippen LogP contribution in [0, 0.1) is 0 Å². The van der Waals surface area contributed by atoms with Crippen LogP contribution in [-0.2, 0) is 9.84 Å². The second-order valence-electron chi connectivity index (χ2n) is 5.54. The van der Waals surface area contributed by atoms with Crippen LogP contribution in [0.3, 0.4) is 0 Å². The number of hydrogen-bond donors (Lipinski definition) is 1. The van der Waals surface area contributed by atoms with Crippen molar-refractivity contribution in [1.82, 2.24) is 5.32 Å².